The fourth-order valence-corrected chi connectivity index (χ4v) is 3.71. The van der Waals surface area contributed by atoms with Crippen LogP contribution >= 0.6 is 11.3 Å². The summed E-state index contributed by atoms with van der Waals surface area (Å²) in [5.74, 6) is -0.154. The van der Waals surface area contributed by atoms with E-state index in [9.17, 15) is 4.79 Å². The predicted molar refractivity (Wildman–Crippen MR) is 122 cm³/mol. The van der Waals surface area contributed by atoms with Crippen molar-refractivity contribution in [3.8, 4) is 21.8 Å². The molecule has 4 aromatic rings. The molecule has 3 nitrogen and oxygen atoms in total. The molecule has 0 aliphatic rings. The first-order chi connectivity index (χ1) is 14.2. The summed E-state index contributed by atoms with van der Waals surface area (Å²) >= 11 is 1.63. The molecule has 1 amide bonds. The van der Waals surface area contributed by atoms with Crippen LogP contribution in [0.25, 0.3) is 27.9 Å². The van der Waals surface area contributed by atoms with E-state index in [4.69, 9.17) is 4.98 Å². The number of amides is 1. The highest BCUT2D eigenvalue weighted by atomic mass is 32.1. The Labute approximate surface area is 174 Å². The van der Waals surface area contributed by atoms with Crippen LogP contribution in [0.4, 0.5) is 5.69 Å². The number of aryl methyl sites for hydroxylation is 1. The summed E-state index contributed by atoms with van der Waals surface area (Å²) < 4.78 is 0. The molecule has 0 atom stereocenters. The maximum absolute atomic E-state index is 12.2. The predicted octanol–water partition coefficient (Wildman–Crippen LogP) is 6.44. The van der Waals surface area contributed by atoms with Crippen LogP contribution in [0.3, 0.4) is 0 Å². The topological polar surface area (TPSA) is 42.0 Å². The van der Waals surface area contributed by atoms with Crippen molar-refractivity contribution in [3.63, 3.8) is 0 Å². The van der Waals surface area contributed by atoms with Gasteiger partial charge in [0.15, 0.2) is 0 Å². The second-order valence-electron chi connectivity index (χ2n) is 6.71. The third kappa shape index (κ3) is 4.86. The van der Waals surface area contributed by atoms with Gasteiger partial charge in [0.25, 0.3) is 0 Å². The van der Waals surface area contributed by atoms with E-state index in [0.29, 0.717) is 0 Å². The molecule has 142 valence electrons. The van der Waals surface area contributed by atoms with Gasteiger partial charge in [0.1, 0.15) is 5.01 Å². The van der Waals surface area contributed by atoms with E-state index < -0.39 is 0 Å². The molecular weight excluding hydrogens is 376 g/mol. The summed E-state index contributed by atoms with van der Waals surface area (Å²) in [6.07, 6.45) is 3.36. The largest absolute Gasteiger partial charge is 0.323 e. The molecule has 1 heterocycles. The van der Waals surface area contributed by atoms with E-state index in [2.05, 4.69) is 22.8 Å². The highest BCUT2D eigenvalue weighted by Gasteiger charge is 2.07. The van der Waals surface area contributed by atoms with E-state index in [1.165, 1.54) is 5.56 Å². The standard InChI is InChI=1S/C25H20N2OS/c1-18-7-9-19(10-8-18)11-16-24(28)26-22-14-12-20(13-15-22)23-17-29-25(27-23)21-5-3-2-4-6-21/h2-17H,1H3,(H,26,28)/b16-11+. The highest BCUT2D eigenvalue weighted by Crippen LogP contribution is 2.29. The van der Waals surface area contributed by atoms with Gasteiger partial charge in [-0.15, -0.1) is 11.3 Å². The van der Waals surface area contributed by atoms with Gasteiger partial charge in [-0.3, -0.25) is 4.79 Å². The molecule has 1 aromatic heterocycles. The van der Waals surface area contributed by atoms with Crippen molar-refractivity contribution in [1.29, 1.82) is 0 Å². The first kappa shape index (κ1) is 18.8. The summed E-state index contributed by atoms with van der Waals surface area (Å²) in [5.41, 5.74) is 6.03. The van der Waals surface area contributed by atoms with Crippen molar-refractivity contribution < 1.29 is 4.79 Å². The Hall–Kier alpha value is -3.50. The average molecular weight is 397 g/mol. The monoisotopic (exact) mass is 396 g/mol. The van der Waals surface area contributed by atoms with Gasteiger partial charge in [-0.25, -0.2) is 4.98 Å². The van der Waals surface area contributed by atoms with Gasteiger partial charge >= 0.3 is 0 Å². The van der Waals surface area contributed by atoms with E-state index in [1.54, 1.807) is 17.4 Å². The molecule has 29 heavy (non-hydrogen) atoms. The van der Waals surface area contributed by atoms with Crippen molar-refractivity contribution in [3.05, 3.63) is 101 Å². The molecule has 1 N–H and O–H groups in total. The van der Waals surface area contributed by atoms with Crippen LogP contribution in [0.2, 0.25) is 0 Å². The SMILES string of the molecule is Cc1ccc(/C=C/C(=O)Nc2ccc(-c3csc(-c4ccccc4)n3)cc2)cc1. The zero-order valence-electron chi connectivity index (χ0n) is 16.0. The molecule has 0 aliphatic carbocycles. The second kappa shape index (κ2) is 8.67. The van der Waals surface area contributed by atoms with Gasteiger partial charge in [-0.1, -0.05) is 72.3 Å². The molecule has 0 unspecified atom stereocenters. The smallest absolute Gasteiger partial charge is 0.248 e. The maximum Gasteiger partial charge on any atom is 0.248 e. The molecule has 0 radical (unpaired) electrons. The molecule has 3 aromatic carbocycles. The number of hydrogen-bond acceptors (Lipinski definition) is 3. The Morgan fingerprint density at radius 3 is 2.34 bits per heavy atom. The Morgan fingerprint density at radius 2 is 1.62 bits per heavy atom. The summed E-state index contributed by atoms with van der Waals surface area (Å²) in [6, 6.07) is 25.9. The van der Waals surface area contributed by atoms with E-state index in [0.717, 1.165) is 33.1 Å². The van der Waals surface area contributed by atoms with Crippen LogP contribution in [-0.4, -0.2) is 10.9 Å². The molecule has 0 fully saturated rings. The summed E-state index contributed by atoms with van der Waals surface area (Å²) in [7, 11) is 0. The van der Waals surface area contributed by atoms with E-state index in [1.807, 2.05) is 79.7 Å². The van der Waals surface area contributed by atoms with Crippen LogP contribution in [0.5, 0.6) is 0 Å². The Balaban J connectivity index is 1.41. The zero-order chi connectivity index (χ0) is 20.1. The van der Waals surface area contributed by atoms with Gasteiger partial charge in [0.2, 0.25) is 5.91 Å². The lowest BCUT2D eigenvalue weighted by Crippen LogP contribution is -2.07. The lowest BCUT2D eigenvalue weighted by molar-refractivity contribution is -0.111. The number of benzene rings is 3. The molecule has 0 saturated heterocycles. The summed E-state index contributed by atoms with van der Waals surface area (Å²) in [4.78, 5) is 16.9. The zero-order valence-corrected chi connectivity index (χ0v) is 16.8. The van der Waals surface area contributed by atoms with Gasteiger partial charge in [-0.2, -0.15) is 0 Å². The van der Waals surface area contributed by atoms with Gasteiger partial charge in [-0.05, 0) is 30.7 Å². The number of nitrogens with zero attached hydrogens (tertiary/aromatic N) is 1. The third-order valence-corrected chi connectivity index (χ3v) is 5.37. The lowest BCUT2D eigenvalue weighted by Gasteiger charge is -2.03. The minimum Gasteiger partial charge on any atom is -0.323 e. The first-order valence-electron chi connectivity index (χ1n) is 9.34. The minimum atomic E-state index is -0.154. The fourth-order valence-electron chi connectivity index (χ4n) is 2.88. The van der Waals surface area contributed by atoms with Crippen molar-refractivity contribution in [2.75, 3.05) is 5.32 Å². The minimum absolute atomic E-state index is 0.154. The van der Waals surface area contributed by atoms with Crippen molar-refractivity contribution in [1.82, 2.24) is 4.98 Å². The van der Waals surface area contributed by atoms with E-state index in [-0.39, 0.29) is 5.91 Å². The van der Waals surface area contributed by atoms with Crippen LogP contribution in [0.15, 0.2) is 90.3 Å². The third-order valence-electron chi connectivity index (χ3n) is 4.48. The number of anilines is 1. The lowest BCUT2D eigenvalue weighted by atomic mass is 10.1. The fraction of sp³-hybridized carbons (Fsp3) is 0.0400. The molecule has 4 heteroatoms. The number of carbonyl (C=O) groups excluding carboxylic acids is 1. The molecule has 0 bridgehead atoms. The molecule has 4 rings (SSSR count). The average Bonchev–Trinajstić information content (AvgIpc) is 3.25. The molecule has 0 saturated carbocycles. The van der Waals surface area contributed by atoms with Crippen molar-refractivity contribution in [2.45, 2.75) is 6.92 Å². The van der Waals surface area contributed by atoms with Gasteiger partial charge < -0.3 is 5.32 Å². The van der Waals surface area contributed by atoms with Crippen molar-refractivity contribution in [2.24, 2.45) is 0 Å². The number of hydrogen-bond donors (Lipinski definition) is 1. The van der Waals surface area contributed by atoms with Crippen LogP contribution in [-0.2, 0) is 4.79 Å². The van der Waals surface area contributed by atoms with Crippen molar-refractivity contribution >= 4 is 29.0 Å². The normalized spacial score (nSPS) is 10.9. The summed E-state index contributed by atoms with van der Waals surface area (Å²) in [5, 5.41) is 5.94. The number of nitrogens with one attached hydrogen (secondary N) is 1. The second-order valence-corrected chi connectivity index (χ2v) is 7.57. The van der Waals surface area contributed by atoms with Gasteiger partial charge in [0.05, 0.1) is 5.69 Å². The van der Waals surface area contributed by atoms with Crippen LogP contribution < -0.4 is 5.32 Å². The maximum atomic E-state index is 12.2. The van der Waals surface area contributed by atoms with Gasteiger partial charge in [0, 0.05) is 28.3 Å². The Kier molecular flexibility index (Phi) is 5.63. The number of aromatic nitrogens is 1. The number of carbonyl (C=O) groups is 1. The van der Waals surface area contributed by atoms with Crippen LogP contribution in [0, 0.1) is 6.92 Å². The van der Waals surface area contributed by atoms with E-state index >= 15 is 0 Å². The Morgan fingerprint density at radius 1 is 0.897 bits per heavy atom. The number of rotatable bonds is 5. The molecular formula is C25H20N2OS. The highest BCUT2D eigenvalue weighted by molar-refractivity contribution is 7.13. The quantitative estimate of drug-likeness (QED) is 0.395. The molecule has 0 spiro atoms. The molecule has 0 aliphatic heterocycles. The Bertz CT molecular complexity index is 1130. The first-order valence-corrected chi connectivity index (χ1v) is 10.2. The summed E-state index contributed by atoms with van der Waals surface area (Å²) in [6.45, 7) is 2.04. The van der Waals surface area contributed by atoms with Crippen LogP contribution in [0.1, 0.15) is 11.1 Å². The number of thiazole rings is 1.